The van der Waals surface area contributed by atoms with Gasteiger partial charge in [-0.15, -0.1) is 17.5 Å². The van der Waals surface area contributed by atoms with Crippen molar-refractivity contribution in [2.24, 2.45) is 0 Å². The summed E-state index contributed by atoms with van der Waals surface area (Å²) in [5.74, 6) is -4.03. The van der Waals surface area contributed by atoms with Gasteiger partial charge in [0, 0.05) is 132 Å². The summed E-state index contributed by atoms with van der Waals surface area (Å²) >= 11 is 0. The number of Topliss-reactive ketones (excluding diaryl/α,β-unsaturated/α-hetero) is 1. The Bertz CT molecular complexity index is 5430. The number of carboxylic acids is 1. The number of aromatic amines is 1. The van der Waals surface area contributed by atoms with Crippen LogP contribution in [0.25, 0.3) is 0 Å². The van der Waals surface area contributed by atoms with Gasteiger partial charge in [-0.2, -0.15) is 39.5 Å². The summed E-state index contributed by atoms with van der Waals surface area (Å²) in [6.07, 6.45) is -11.0. The van der Waals surface area contributed by atoms with Gasteiger partial charge in [0.15, 0.2) is 5.78 Å². The zero-order valence-corrected chi connectivity index (χ0v) is 83.3. The van der Waals surface area contributed by atoms with Crippen molar-refractivity contribution >= 4 is 48.0 Å². The van der Waals surface area contributed by atoms with Gasteiger partial charge in [0.25, 0.3) is 17.7 Å². The number of H-pyrrole nitrogens is 1. The van der Waals surface area contributed by atoms with Crippen molar-refractivity contribution in [2.45, 2.75) is 253 Å². The van der Waals surface area contributed by atoms with Crippen molar-refractivity contribution in [2.75, 3.05) is 126 Å². The fourth-order valence-corrected chi connectivity index (χ4v) is 18.9. The van der Waals surface area contributed by atoms with E-state index in [1.54, 1.807) is 125 Å². The van der Waals surface area contributed by atoms with E-state index in [2.05, 4.69) is 15.5 Å². The number of aryl methyl sites for hydroxylation is 1. The van der Waals surface area contributed by atoms with E-state index in [9.17, 15) is 73.1 Å². The number of hydrogen-bond acceptors (Lipinski definition) is 19. The van der Waals surface area contributed by atoms with E-state index < -0.39 is 111 Å². The molecule has 13 rings (SSSR count). The summed E-state index contributed by atoms with van der Waals surface area (Å²) in [6, 6.07) is 31.6. The number of nitrogens with zero attached hydrogens (tertiary/aromatic N) is 7. The van der Waals surface area contributed by atoms with E-state index in [4.69, 9.17) is 42.7 Å². The number of aromatic nitrogens is 2. The third kappa shape index (κ3) is 28.9. The number of methoxy groups -OCH3 is 3. The largest absolute Gasteiger partial charge is 0.497 e. The normalized spacial score (nSPS) is 21.2. The number of ketones is 1. The highest BCUT2D eigenvalue weighted by atomic mass is 35.5. The topological polar surface area (TPSA) is 278 Å². The predicted octanol–water partition coefficient (Wildman–Crippen LogP) is 19.7. The molecule has 38 heteroatoms. The molecule has 0 radical (unpaired) electrons. The molecule has 0 aliphatic carbocycles. The summed E-state index contributed by atoms with van der Waals surface area (Å²) in [5.41, 5.74) is -6.90. The van der Waals surface area contributed by atoms with Crippen LogP contribution >= 0.6 is 12.4 Å². The van der Waals surface area contributed by atoms with Crippen LogP contribution < -0.4 is 39.5 Å². The molecule has 7 heterocycles. The predicted molar refractivity (Wildman–Crippen MR) is 507 cm³/mol. The van der Waals surface area contributed by atoms with E-state index in [0.717, 1.165) is 42.0 Å². The molecule has 0 unspecified atom stereocenters. The second-order valence-corrected chi connectivity index (χ2v) is 40.8. The first kappa shape index (κ1) is 112. The molecule has 7 aromatic rings. The van der Waals surface area contributed by atoms with Gasteiger partial charge < -0.3 is 62.7 Å². The van der Waals surface area contributed by atoms with Gasteiger partial charge in [-0.1, -0.05) is 54.6 Å². The van der Waals surface area contributed by atoms with Crippen LogP contribution in [0.2, 0.25) is 0 Å². The molecule has 6 aliphatic rings. The number of likely N-dealkylation sites (tertiary alicyclic amines) is 6. The van der Waals surface area contributed by atoms with Gasteiger partial charge in [0.05, 0.1) is 64.4 Å². The van der Waals surface area contributed by atoms with Crippen LogP contribution in [0.1, 0.15) is 245 Å². The van der Waals surface area contributed by atoms with Crippen LogP contribution in [0.5, 0.6) is 34.5 Å². The number of hydrogen-bond donors (Lipinski definition) is 3. The number of alkyl carbamates (subject to hydrolysis) is 1. The molecule has 4 amide bonds. The highest BCUT2D eigenvalue weighted by Crippen LogP contribution is 2.51. The quantitative estimate of drug-likeness (QED) is 0.0290. The van der Waals surface area contributed by atoms with E-state index in [1.807, 2.05) is 77.0 Å². The molecule has 25 nitrogen and oxygen atoms in total. The number of carboxylic acid groups (broad SMARTS) is 1. The first-order chi connectivity index (χ1) is 65.5. The maximum atomic E-state index is 17.2. The van der Waals surface area contributed by atoms with Crippen molar-refractivity contribution < 1.29 is 124 Å². The second kappa shape index (κ2) is 46.3. The molecular formula is C103H132ClF12N9O16. The Labute approximate surface area is 821 Å². The van der Waals surface area contributed by atoms with Crippen molar-refractivity contribution in [3.05, 3.63) is 194 Å². The van der Waals surface area contributed by atoms with Crippen LogP contribution in [0.3, 0.4) is 0 Å². The number of aliphatic carboxylic acids is 1. The van der Waals surface area contributed by atoms with E-state index in [-0.39, 0.29) is 193 Å². The van der Waals surface area contributed by atoms with E-state index in [1.165, 1.54) is 23.1 Å². The molecule has 0 spiro atoms. The SMILES string of the molecule is COc1ccc([C@@H]2CN(C(C)(C)C)C[C@@]2(F)C(=O)N2CCC(c3ccc(C(F)(F)F)cc3OCCCC(=O)CNC(=O)OC(C)(C)C)CC2)cc1.COc1ccc([C@@H]2CN(C(C)(C)C)C[C@@]2(F)C(=O)N2CCC(c3ccc(C(F)(F)F)cc3OCCCC(=O)O)CC2)cc1.COc1ccc([C@@H]2CN(C(C)(C)C)C[C@@]2(F)C(=O)N2CCC(c3ccc(C(F)(F)F)cc3OCCCc3n[nH]c(=O)o3)CC2)cc1.Cl. The molecule has 6 saturated heterocycles. The van der Waals surface area contributed by atoms with Crippen molar-refractivity contribution in [3.8, 4) is 34.5 Å². The van der Waals surface area contributed by atoms with E-state index in [0.29, 0.717) is 110 Å². The summed E-state index contributed by atoms with van der Waals surface area (Å²) < 4.78 is 216. The number of piperidine rings is 3. The Morgan fingerprint density at radius 1 is 0.447 bits per heavy atom. The Kier molecular flexibility index (Phi) is 36.8. The Balaban J connectivity index is 0.000000218. The highest BCUT2D eigenvalue weighted by molar-refractivity contribution is 5.89. The average Bonchev–Trinajstić information content (AvgIpc) is 1.61. The number of carbonyl (C=O) groups excluding carboxylic acids is 5. The van der Waals surface area contributed by atoms with Crippen molar-refractivity contribution in [3.63, 3.8) is 0 Å². The Morgan fingerprint density at radius 2 is 0.745 bits per heavy atom. The molecular weight excluding hydrogens is 1880 g/mol. The number of benzene rings is 6. The maximum Gasteiger partial charge on any atom is 0.434 e. The standard InChI is InChI=1S/C38H51F4N3O6.C33H40F4N4O5.C32H40F4N2O5.ClH/c1-35(2,3)45-23-31(26-10-13-29(49-7)14-11-26)37(39,24-45)33(47)44-18-16-25(17-19-44)30-15-12-27(38(40,41)42)21-32(30)50-20-8-9-28(46)22-43-34(48)51-36(4,5)6;1-31(2,3)41-19-26(22-7-10-24(44-4)11-8-22)32(34,20-41)29(42)40-15-13-21(14-16-40)25-12-9-23(33(35,36)37)18-27(25)45-17-5-6-28-38-39-30(43)46-28;1-30(2,3)38-19-26(22-7-10-24(42-4)11-8-22)31(33,20-38)29(41)37-15-13-21(14-16-37)25-12-9-23(32(34,35)36)18-27(25)43-17-5-6-28(39)40;/h10-15,21,25,31H,8-9,16-20,22-24H2,1-7H3,(H,43,48);7-12,18,21,26H,5-6,13-17,19-20H2,1-4H3,(H,39,43);7-12,18,21,26H,5-6,13-17,19-20H2,1-4H3,(H,39,40);1H/t31-,37-;26-,32-;26-,31-;/m000./s1. The molecule has 0 bridgehead atoms. The van der Waals surface area contributed by atoms with Crippen molar-refractivity contribution in [1.29, 1.82) is 0 Å². The summed E-state index contributed by atoms with van der Waals surface area (Å²) in [6.45, 7) is 25.3. The Morgan fingerprint density at radius 3 is 1.01 bits per heavy atom. The number of rotatable bonds is 29. The van der Waals surface area contributed by atoms with Crippen LogP contribution in [0.15, 0.2) is 137 Å². The molecule has 6 aromatic carbocycles. The fourth-order valence-electron chi connectivity index (χ4n) is 18.9. The molecule has 6 atom stereocenters. The smallest absolute Gasteiger partial charge is 0.434 e. The monoisotopic (exact) mass is 2010 g/mol. The van der Waals surface area contributed by atoms with Crippen LogP contribution in [-0.2, 0) is 53.7 Å². The molecule has 0 saturated carbocycles. The van der Waals surface area contributed by atoms with E-state index >= 15 is 13.2 Å². The fraction of sp³-hybridized carbons (Fsp3) is 0.573. The highest BCUT2D eigenvalue weighted by Gasteiger charge is 2.61. The Hall–Kier alpha value is -10.8. The lowest BCUT2D eigenvalue weighted by Crippen LogP contribution is -2.53. The molecule has 1 aromatic heterocycles. The summed E-state index contributed by atoms with van der Waals surface area (Å²) in [5, 5.41) is 17.2. The molecule has 6 aliphatic heterocycles. The lowest BCUT2D eigenvalue weighted by molar-refractivity contribution is -0.146. The minimum Gasteiger partial charge on any atom is -0.497 e. The number of amides is 4. The number of nitrogens with one attached hydrogen (secondary N) is 2. The van der Waals surface area contributed by atoms with Gasteiger partial charge in [-0.25, -0.2) is 27.9 Å². The lowest BCUT2D eigenvalue weighted by atomic mass is 9.83. The van der Waals surface area contributed by atoms with Gasteiger partial charge in [-0.3, -0.25) is 38.7 Å². The minimum absolute atomic E-state index is 0. The number of carbonyl (C=O) groups is 6. The maximum absolute atomic E-state index is 17.2. The molecule has 141 heavy (non-hydrogen) atoms. The van der Waals surface area contributed by atoms with Crippen LogP contribution in [0, 0.1) is 0 Å². The zero-order valence-electron chi connectivity index (χ0n) is 82.5. The third-order valence-electron chi connectivity index (χ3n) is 27.0. The van der Waals surface area contributed by atoms with Gasteiger partial charge >= 0.3 is 36.3 Å². The second-order valence-electron chi connectivity index (χ2n) is 40.8. The van der Waals surface area contributed by atoms with Crippen LogP contribution in [0.4, 0.5) is 57.5 Å². The van der Waals surface area contributed by atoms with Gasteiger partial charge in [0.1, 0.15) is 40.1 Å². The van der Waals surface area contributed by atoms with Gasteiger partial charge in [-0.05, 0) is 265 Å². The van der Waals surface area contributed by atoms with Crippen LogP contribution in [-0.4, -0.2) is 246 Å². The lowest BCUT2D eigenvalue weighted by Gasteiger charge is -2.38. The first-order valence-electron chi connectivity index (χ1n) is 47.4. The molecule has 6 fully saturated rings. The molecule has 3 N–H and O–H groups in total. The van der Waals surface area contributed by atoms with Gasteiger partial charge in [0.2, 0.25) is 22.9 Å². The zero-order chi connectivity index (χ0) is 103. The van der Waals surface area contributed by atoms with Crippen molar-refractivity contribution in [1.82, 2.24) is 44.9 Å². The third-order valence-corrected chi connectivity index (χ3v) is 27.0. The summed E-state index contributed by atoms with van der Waals surface area (Å²) in [4.78, 5) is 98.6. The minimum atomic E-state index is -4.59. The first-order valence-corrected chi connectivity index (χ1v) is 47.4. The number of ether oxygens (including phenoxy) is 7. The summed E-state index contributed by atoms with van der Waals surface area (Å²) in [7, 11) is 4.66. The molecule has 776 valence electrons. The number of alkyl halides is 12. The number of halogens is 13. The average molecular weight is 2020 g/mol.